The SMILES string of the molecule is C/C(=C/C(=O)O[C@@H]1O[C@H](CO)[C@@H](O)[C@H](O)[C@H]1O)CCCCCC(C)O. The fourth-order valence-electron chi connectivity index (χ4n) is 2.61. The summed E-state index contributed by atoms with van der Waals surface area (Å²) in [7, 11) is 0. The van der Waals surface area contributed by atoms with E-state index in [9.17, 15) is 25.2 Å². The zero-order chi connectivity index (χ0) is 19.0. The van der Waals surface area contributed by atoms with E-state index in [4.69, 9.17) is 14.6 Å². The molecule has 0 spiro atoms. The van der Waals surface area contributed by atoms with Crippen LogP contribution in [0.2, 0.25) is 0 Å². The molecule has 6 atom stereocenters. The maximum atomic E-state index is 11.9. The molecule has 8 nitrogen and oxygen atoms in total. The van der Waals surface area contributed by atoms with Crippen LogP contribution in [0.5, 0.6) is 0 Å². The van der Waals surface area contributed by atoms with Gasteiger partial charge in [0.1, 0.15) is 24.4 Å². The summed E-state index contributed by atoms with van der Waals surface area (Å²) in [5.74, 6) is -0.731. The van der Waals surface area contributed by atoms with Gasteiger partial charge in [-0.2, -0.15) is 0 Å². The normalized spacial score (nSPS) is 31.6. The van der Waals surface area contributed by atoms with Gasteiger partial charge in [-0.3, -0.25) is 0 Å². The highest BCUT2D eigenvalue weighted by atomic mass is 16.7. The Morgan fingerprint density at radius 2 is 1.84 bits per heavy atom. The molecule has 8 heteroatoms. The molecular weight excluding hydrogens is 332 g/mol. The number of esters is 1. The van der Waals surface area contributed by atoms with Gasteiger partial charge in [0.2, 0.25) is 6.29 Å². The van der Waals surface area contributed by atoms with Crippen molar-refractivity contribution in [3.8, 4) is 0 Å². The van der Waals surface area contributed by atoms with Crippen molar-refractivity contribution in [3.63, 3.8) is 0 Å². The lowest BCUT2D eigenvalue weighted by molar-refractivity contribution is -0.291. The minimum atomic E-state index is -1.60. The fourth-order valence-corrected chi connectivity index (χ4v) is 2.61. The van der Waals surface area contributed by atoms with Crippen molar-refractivity contribution in [2.75, 3.05) is 6.61 Å². The molecule has 1 unspecified atom stereocenters. The van der Waals surface area contributed by atoms with Crippen molar-refractivity contribution >= 4 is 5.97 Å². The number of carbonyl (C=O) groups is 1. The molecule has 1 saturated heterocycles. The Kier molecular flexibility index (Phi) is 9.55. The molecule has 0 aliphatic carbocycles. The van der Waals surface area contributed by atoms with E-state index in [2.05, 4.69) is 0 Å². The van der Waals surface area contributed by atoms with Gasteiger partial charge < -0.3 is 35.0 Å². The number of aliphatic hydroxyl groups is 5. The summed E-state index contributed by atoms with van der Waals surface area (Å²) in [6.45, 7) is 2.95. The zero-order valence-corrected chi connectivity index (χ0v) is 14.7. The van der Waals surface area contributed by atoms with Gasteiger partial charge in [0.25, 0.3) is 0 Å². The van der Waals surface area contributed by atoms with Crippen LogP contribution in [-0.2, 0) is 14.3 Å². The molecule has 1 fully saturated rings. The first kappa shape index (κ1) is 22.0. The van der Waals surface area contributed by atoms with Crippen molar-refractivity contribution in [2.24, 2.45) is 0 Å². The number of aliphatic hydroxyl groups excluding tert-OH is 5. The molecule has 0 aromatic rings. The Hall–Kier alpha value is -1.03. The zero-order valence-electron chi connectivity index (χ0n) is 14.7. The van der Waals surface area contributed by atoms with E-state index in [-0.39, 0.29) is 6.10 Å². The van der Waals surface area contributed by atoms with Crippen LogP contribution in [0.1, 0.15) is 46.0 Å². The third-order valence-electron chi connectivity index (χ3n) is 4.14. The lowest BCUT2D eigenvalue weighted by Crippen LogP contribution is -2.59. The van der Waals surface area contributed by atoms with Gasteiger partial charge in [0.15, 0.2) is 0 Å². The van der Waals surface area contributed by atoms with Gasteiger partial charge in [0.05, 0.1) is 12.7 Å². The van der Waals surface area contributed by atoms with Gasteiger partial charge >= 0.3 is 5.97 Å². The van der Waals surface area contributed by atoms with Crippen molar-refractivity contribution in [2.45, 2.75) is 82.8 Å². The van der Waals surface area contributed by atoms with Crippen LogP contribution in [0.25, 0.3) is 0 Å². The molecule has 1 aliphatic heterocycles. The fraction of sp³-hybridized carbons (Fsp3) is 0.824. The number of ether oxygens (including phenoxy) is 2. The standard InChI is InChI=1S/C17H30O8/c1-10(6-4-3-5-7-11(2)19)8-13(20)25-17-16(23)15(22)14(21)12(9-18)24-17/h8,11-12,14-19,21-23H,3-7,9H2,1-2H3/b10-8-/t11?,12-,14-,15+,16-,17+/m1/s1. The van der Waals surface area contributed by atoms with Crippen molar-refractivity contribution in [1.29, 1.82) is 0 Å². The number of hydrogen-bond acceptors (Lipinski definition) is 8. The largest absolute Gasteiger partial charge is 0.430 e. The predicted octanol–water partition coefficient (Wildman–Crippen LogP) is -0.393. The van der Waals surface area contributed by atoms with Gasteiger partial charge in [-0.1, -0.05) is 18.4 Å². The number of unbranched alkanes of at least 4 members (excludes halogenated alkanes) is 2. The van der Waals surface area contributed by atoms with Crippen LogP contribution >= 0.6 is 0 Å². The minimum Gasteiger partial charge on any atom is -0.430 e. The molecule has 1 aliphatic rings. The Bertz CT molecular complexity index is 434. The first-order chi connectivity index (χ1) is 11.8. The molecule has 0 bridgehead atoms. The maximum absolute atomic E-state index is 11.9. The van der Waals surface area contributed by atoms with Crippen molar-refractivity contribution < 1.29 is 39.8 Å². The Morgan fingerprint density at radius 1 is 1.16 bits per heavy atom. The molecule has 0 aromatic carbocycles. The molecule has 146 valence electrons. The summed E-state index contributed by atoms with van der Waals surface area (Å²) < 4.78 is 10.1. The summed E-state index contributed by atoms with van der Waals surface area (Å²) >= 11 is 0. The van der Waals surface area contributed by atoms with Crippen LogP contribution in [0.4, 0.5) is 0 Å². The molecule has 5 N–H and O–H groups in total. The number of hydrogen-bond donors (Lipinski definition) is 5. The summed E-state index contributed by atoms with van der Waals surface area (Å²) in [6.07, 6.45) is -2.08. The second-order valence-electron chi connectivity index (χ2n) is 6.57. The first-order valence-electron chi connectivity index (χ1n) is 8.62. The van der Waals surface area contributed by atoms with Gasteiger partial charge in [-0.25, -0.2) is 4.79 Å². The van der Waals surface area contributed by atoms with E-state index in [1.807, 2.05) is 0 Å². The quantitative estimate of drug-likeness (QED) is 0.212. The topological polar surface area (TPSA) is 137 Å². The van der Waals surface area contributed by atoms with Crippen molar-refractivity contribution in [1.82, 2.24) is 0 Å². The summed E-state index contributed by atoms with van der Waals surface area (Å²) in [6, 6.07) is 0. The Balaban J connectivity index is 2.43. The van der Waals surface area contributed by atoms with Crippen LogP contribution in [0.15, 0.2) is 11.6 Å². The first-order valence-corrected chi connectivity index (χ1v) is 8.62. The third-order valence-corrected chi connectivity index (χ3v) is 4.14. The minimum absolute atomic E-state index is 0.301. The lowest BCUT2D eigenvalue weighted by atomic mass is 9.99. The van der Waals surface area contributed by atoms with Crippen LogP contribution in [0, 0.1) is 0 Å². The van der Waals surface area contributed by atoms with E-state index in [0.717, 1.165) is 31.3 Å². The predicted molar refractivity (Wildman–Crippen MR) is 88.4 cm³/mol. The number of allylic oxidation sites excluding steroid dienone is 1. The van der Waals surface area contributed by atoms with Crippen LogP contribution in [0.3, 0.4) is 0 Å². The van der Waals surface area contributed by atoms with Crippen LogP contribution < -0.4 is 0 Å². The number of rotatable bonds is 9. The van der Waals surface area contributed by atoms with Crippen molar-refractivity contribution in [3.05, 3.63) is 11.6 Å². The third kappa shape index (κ3) is 7.39. The number of carbonyl (C=O) groups excluding carboxylic acids is 1. The second-order valence-corrected chi connectivity index (χ2v) is 6.57. The molecule has 1 rings (SSSR count). The lowest BCUT2D eigenvalue weighted by Gasteiger charge is -2.38. The average molecular weight is 362 g/mol. The maximum Gasteiger partial charge on any atom is 0.333 e. The van der Waals surface area contributed by atoms with E-state index >= 15 is 0 Å². The van der Waals surface area contributed by atoms with E-state index in [1.165, 1.54) is 6.08 Å². The molecule has 0 saturated carbocycles. The second kappa shape index (κ2) is 10.8. The summed E-state index contributed by atoms with van der Waals surface area (Å²) in [5.41, 5.74) is 0.798. The van der Waals surface area contributed by atoms with E-state index in [1.54, 1.807) is 13.8 Å². The molecule has 0 aromatic heterocycles. The Labute approximate surface area is 147 Å². The smallest absolute Gasteiger partial charge is 0.333 e. The van der Waals surface area contributed by atoms with Gasteiger partial charge in [-0.05, 0) is 33.1 Å². The molecule has 0 radical (unpaired) electrons. The highest BCUT2D eigenvalue weighted by Gasteiger charge is 2.45. The highest BCUT2D eigenvalue weighted by molar-refractivity contribution is 5.82. The summed E-state index contributed by atoms with van der Waals surface area (Å²) in [5, 5.41) is 47.4. The molecule has 0 amide bonds. The Morgan fingerprint density at radius 3 is 2.44 bits per heavy atom. The highest BCUT2D eigenvalue weighted by Crippen LogP contribution is 2.22. The average Bonchev–Trinajstić information content (AvgIpc) is 2.54. The van der Waals surface area contributed by atoms with Gasteiger partial charge in [-0.15, -0.1) is 0 Å². The molecule has 25 heavy (non-hydrogen) atoms. The molecule has 1 heterocycles. The monoisotopic (exact) mass is 362 g/mol. The van der Waals surface area contributed by atoms with E-state index in [0.29, 0.717) is 6.42 Å². The summed E-state index contributed by atoms with van der Waals surface area (Å²) in [4.78, 5) is 11.9. The van der Waals surface area contributed by atoms with E-state index < -0.39 is 43.3 Å². The van der Waals surface area contributed by atoms with Crippen LogP contribution in [-0.4, -0.2) is 74.9 Å². The van der Waals surface area contributed by atoms with Gasteiger partial charge in [0, 0.05) is 6.08 Å². The molecular formula is C17H30O8.